The Morgan fingerprint density at radius 1 is 1.30 bits per heavy atom. The van der Waals surface area contributed by atoms with Gasteiger partial charge < -0.3 is 4.74 Å². The van der Waals surface area contributed by atoms with Gasteiger partial charge in [-0.1, -0.05) is 6.07 Å². The Labute approximate surface area is 117 Å². The summed E-state index contributed by atoms with van der Waals surface area (Å²) in [6.45, 7) is 0. The molecule has 0 radical (unpaired) electrons. The van der Waals surface area contributed by atoms with Crippen LogP contribution in [0.2, 0.25) is 0 Å². The van der Waals surface area contributed by atoms with Gasteiger partial charge in [-0.25, -0.2) is 18.2 Å². The summed E-state index contributed by atoms with van der Waals surface area (Å²) in [6.07, 6.45) is 1.55. The van der Waals surface area contributed by atoms with Gasteiger partial charge in [0.2, 0.25) is 0 Å². The highest BCUT2D eigenvalue weighted by Crippen LogP contribution is 1.93. The largest absolute Gasteiger partial charge is 0.464 e. The topological polar surface area (TPSA) is 157 Å². The maximum atomic E-state index is 10.7. The molecule has 0 bridgehead atoms. The standard InChI is InChI=1S/C7H7NO2.CH4O4S.H2O3S/c1-10-7(9)6-4-2-3-5-8-6;1-5-6(2,3)4;1-4(2)3/h2-5H,1H3;1H3,(H,2,3,4);4H,(H,1,2,3). The number of carbonyl (C=O) groups is 1. The SMILES string of the molecule is COC(=O)c1ccccn1.COS(=O)(=O)O.O=[SH](=O)O. The van der Waals surface area contributed by atoms with Crippen molar-refractivity contribution in [2.45, 2.75) is 0 Å². The third-order valence-corrected chi connectivity index (χ3v) is 1.69. The van der Waals surface area contributed by atoms with Crippen LogP contribution in [0.25, 0.3) is 0 Å². The van der Waals surface area contributed by atoms with Gasteiger partial charge in [0.25, 0.3) is 11.0 Å². The van der Waals surface area contributed by atoms with E-state index in [4.69, 9.17) is 17.5 Å². The van der Waals surface area contributed by atoms with Crippen molar-refractivity contribution in [2.75, 3.05) is 14.2 Å². The van der Waals surface area contributed by atoms with Gasteiger partial charge in [-0.05, 0) is 12.1 Å². The van der Waals surface area contributed by atoms with Crippen LogP contribution in [-0.4, -0.2) is 51.1 Å². The van der Waals surface area contributed by atoms with Gasteiger partial charge in [0.1, 0.15) is 5.69 Å². The minimum absolute atomic E-state index is 0.338. The summed E-state index contributed by atoms with van der Waals surface area (Å²) in [5, 5.41) is 0. The predicted octanol–water partition coefficient (Wildman–Crippen LogP) is -0.625. The van der Waals surface area contributed by atoms with Crippen LogP contribution in [0, 0.1) is 0 Å². The fourth-order valence-corrected chi connectivity index (χ4v) is 0.588. The van der Waals surface area contributed by atoms with Crippen molar-refractivity contribution in [3.05, 3.63) is 30.1 Å². The molecule has 0 atom stereocenters. The van der Waals surface area contributed by atoms with E-state index in [2.05, 4.69) is 13.9 Å². The number of nitrogens with zero attached hydrogens (tertiary/aromatic N) is 1. The second-order valence-corrected chi connectivity index (χ2v) is 4.20. The monoisotopic (exact) mass is 331 g/mol. The maximum absolute atomic E-state index is 10.7. The second kappa shape index (κ2) is 11.2. The molecule has 12 heteroatoms. The maximum Gasteiger partial charge on any atom is 0.397 e. The lowest BCUT2D eigenvalue weighted by molar-refractivity contribution is 0.0594. The highest BCUT2D eigenvalue weighted by Gasteiger charge is 2.02. The zero-order valence-corrected chi connectivity index (χ0v) is 12.1. The Morgan fingerprint density at radius 3 is 2.00 bits per heavy atom. The molecule has 0 unspecified atom stereocenters. The molecule has 116 valence electrons. The van der Waals surface area contributed by atoms with E-state index in [0.717, 1.165) is 7.11 Å². The Hall–Kier alpha value is -1.60. The van der Waals surface area contributed by atoms with Gasteiger partial charge in [0, 0.05) is 6.20 Å². The van der Waals surface area contributed by atoms with Crippen LogP contribution in [0.5, 0.6) is 0 Å². The smallest absolute Gasteiger partial charge is 0.397 e. The number of ether oxygens (including phenoxy) is 1. The molecule has 0 spiro atoms. The molecule has 0 fully saturated rings. The summed E-state index contributed by atoms with van der Waals surface area (Å²) in [5.74, 6) is -0.402. The molecular weight excluding hydrogens is 318 g/mol. The number of aromatic nitrogens is 1. The highest BCUT2D eigenvalue weighted by molar-refractivity contribution is 7.80. The Balaban J connectivity index is 0. The first-order valence-electron chi connectivity index (χ1n) is 4.49. The van der Waals surface area contributed by atoms with E-state index < -0.39 is 27.4 Å². The van der Waals surface area contributed by atoms with E-state index >= 15 is 0 Å². The number of carbonyl (C=O) groups excluding carboxylic acids is 1. The van der Waals surface area contributed by atoms with Crippen LogP contribution in [-0.2, 0) is 30.3 Å². The summed E-state index contributed by atoms with van der Waals surface area (Å²) >= 11 is 0. The molecule has 0 saturated heterocycles. The third-order valence-electron chi connectivity index (χ3n) is 1.27. The van der Waals surface area contributed by atoms with E-state index in [0.29, 0.717) is 5.69 Å². The van der Waals surface area contributed by atoms with Crippen molar-refractivity contribution in [2.24, 2.45) is 0 Å². The highest BCUT2D eigenvalue weighted by atomic mass is 32.3. The minimum Gasteiger partial charge on any atom is -0.464 e. The fraction of sp³-hybridized carbons (Fsp3) is 0.250. The minimum atomic E-state index is -4.16. The molecule has 20 heavy (non-hydrogen) atoms. The molecule has 0 aliphatic rings. The van der Waals surface area contributed by atoms with E-state index in [1.54, 1.807) is 24.4 Å². The second-order valence-electron chi connectivity index (χ2n) is 2.54. The van der Waals surface area contributed by atoms with Crippen molar-refractivity contribution < 1.29 is 39.7 Å². The van der Waals surface area contributed by atoms with E-state index in [1.807, 2.05) is 0 Å². The molecule has 1 aromatic rings. The van der Waals surface area contributed by atoms with Gasteiger partial charge >= 0.3 is 16.4 Å². The molecule has 0 aromatic carbocycles. The zero-order valence-electron chi connectivity index (χ0n) is 10.4. The molecule has 0 aliphatic carbocycles. The normalized spacial score (nSPS) is 9.65. The number of pyridine rings is 1. The summed E-state index contributed by atoms with van der Waals surface area (Å²) in [7, 11) is -5.08. The Kier molecular flexibility index (Phi) is 11.6. The van der Waals surface area contributed by atoms with E-state index in [1.165, 1.54) is 7.11 Å². The average Bonchev–Trinajstić information content (AvgIpc) is 2.38. The van der Waals surface area contributed by atoms with E-state index in [-0.39, 0.29) is 0 Å². The lowest BCUT2D eigenvalue weighted by atomic mass is 10.4. The molecule has 0 saturated carbocycles. The van der Waals surface area contributed by atoms with Crippen molar-refractivity contribution >= 4 is 27.4 Å². The molecule has 10 nitrogen and oxygen atoms in total. The number of hydrogen-bond donors (Lipinski definition) is 3. The van der Waals surface area contributed by atoms with Gasteiger partial charge in [-0.2, -0.15) is 8.42 Å². The molecule has 1 rings (SSSR count). The molecule has 0 aliphatic heterocycles. The first kappa shape index (κ1) is 20.7. The lowest BCUT2D eigenvalue weighted by Gasteiger charge is -1.94. The van der Waals surface area contributed by atoms with Crippen LogP contribution in [0.4, 0.5) is 0 Å². The third kappa shape index (κ3) is 16.4. The molecule has 1 aromatic heterocycles. The lowest BCUT2D eigenvalue weighted by Crippen LogP contribution is -2.02. The average molecular weight is 331 g/mol. The predicted molar refractivity (Wildman–Crippen MR) is 67.1 cm³/mol. The number of thiol groups is 1. The molecule has 1 heterocycles. The van der Waals surface area contributed by atoms with Crippen molar-refractivity contribution in [1.82, 2.24) is 4.98 Å². The molecule has 2 N–H and O–H groups in total. The van der Waals surface area contributed by atoms with Crippen molar-refractivity contribution in [3.8, 4) is 0 Å². The van der Waals surface area contributed by atoms with E-state index in [9.17, 15) is 13.2 Å². The Bertz CT molecular complexity index is 545. The number of rotatable bonds is 2. The van der Waals surface area contributed by atoms with Crippen molar-refractivity contribution in [1.29, 1.82) is 0 Å². The van der Waals surface area contributed by atoms with Crippen LogP contribution >= 0.6 is 0 Å². The summed E-state index contributed by atoms with van der Waals surface area (Å²) in [4.78, 5) is 14.5. The van der Waals surface area contributed by atoms with Crippen LogP contribution in [0.1, 0.15) is 10.5 Å². The van der Waals surface area contributed by atoms with Gasteiger partial charge in [0.05, 0.1) is 14.2 Å². The summed E-state index contributed by atoms with van der Waals surface area (Å²) in [5.41, 5.74) is 0.338. The van der Waals surface area contributed by atoms with Crippen LogP contribution < -0.4 is 0 Å². The number of methoxy groups -OCH3 is 1. The molecular formula is C8H13NO9S2. The van der Waals surface area contributed by atoms with Crippen LogP contribution in [0.15, 0.2) is 24.4 Å². The number of esters is 1. The van der Waals surface area contributed by atoms with Crippen molar-refractivity contribution in [3.63, 3.8) is 0 Å². The molecule has 0 amide bonds. The van der Waals surface area contributed by atoms with Crippen LogP contribution in [0.3, 0.4) is 0 Å². The zero-order chi connectivity index (χ0) is 16.2. The number of hydrogen-bond acceptors (Lipinski definition) is 8. The first-order valence-corrected chi connectivity index (χ1v) is 6.99. The summed E-state index contributed by atoms with van der Waals surface area (Å²) < 4.78 is 58.3. The first-order chi connectivity index (χ1) is 9.14. The summed E-state index contributed by atoms with van der Waals surface area (Å²) in [6, 6.07) is 5.08. The fourth-order valence-electron chi connectivity index (χ4n) is 0.588. The quantitative estimate of drug-likeness (QED) is 0.362. The van der Waals surface area contributed by atoms with Gasteiger partial charge in [-0.15, -0.1) is 0 Å². The van der Waals surface area contributed by atoms with Gasteiger partial charge in [-0.3, -0.25) is 13.3 Å². The van der Waals surface area contributed by atoms with Gasteiger partial charge in [0.15, 0.2) is 0 Å². The Morgan fingerprint density at radius 2 is 1.75 bits per heavy atom.